The third kappa shape index (κ3) is 2.71. The molecule has 2 N–H and O–H groups in total. The Kier molecular flexibility index (Phi) is 3.54. The van der Waals surface area contributed by atoms with Crippen LogP contribution in [0.3, 0.4) is 0 Å². The minimum Gasteiger partial charge on any atom is -0.376 e. The Morgan fingerprint density at radius 3 is 2.86 bits per heavy atom. The number of nitrogens with zero attached hydrogens (tertiary/aromatic N) is 4. The van der Waals surface area contributed by atoms with E-state index in [1.54, 1.807) is 10.9 Å². The lowest BCUT2D eigenvalue weighted by Gasteiger charge is -2.29. The normalized spacial score (nSPS) is 18.5. The average molecular weight is 291 g/mol. The first-order valence-corrected chi connectivity index (χ1v) is 7.21. The fraction of sp³-hybridized carbons (Fsp3) is 0.643. The molecule has 21 heavy (non-hydrogen) atoms. The molecule has 2 aromatic heterocycles. The standard InChI is InChI=1S/C14H21N5O2/c1-9-11(7-16-19(9)3)12-17-13(18-21-12)14(2,15)8-20-10-5-4-6-10/h7,10H,4-6,8,15H2,1-3H3. The summed E-state index contributed by atoms with van der Waals surface area (Å²) < 4.78 is 12.9. The lowest BCUT2D eigenvalue weighted by atomic mass is 9.95. The van der Waals surface area contributed by atoms with E-state index in [2.05, 4.69) is 15.2 Å². The highest BCUT2D eigenvalue weighted by Gasteiger charge is 2.31. The van der Waals surface area contributed by atoms with Crippen molar-refractivity contribution in [2.75, 3.05) is 6.61 Å². The molecule has 1 aliphatic rings. The van der Waals surface area contributed by atoms with Gasteiger partial charge in [0.25, 0.3) is 5.89 Å². The van der Waals surface area contributed by atoms with Gasteiger partial charge in [-0.25, -0.2) is 0 Å². The number of nitrogens with two attached hydrogens (primary N) is 1. The zero-order valence-corrected chi connectivity index (χ0v) is 12.7. The van der Waals surface area contributed by atoms with Crippen LogP contribution in [0.2, 0.25) is 0 Å². The van der Waals surface area contributed by atoms with E-state index in [0.29, 0.717) is 24.4 Å². The molecule has 1 unspecified atom stereocenters. The first-order chi connectivity index (χ1) is 9.97. The van der Waals surface area contributed by atoms with Crippen LogP contribution in [-0.4, -0.2) is 32.6 Å². The smallest absolute Gasteiger partial charge is 0.261 e. The van der Waals surface area contributed by atoms with Crippen LogP contribution in [0.25, 0.3) is 11.5 Å². The monoisotopic (exact) mass is 291 g/mol. The second-order valence-electron chi connectivity index (χ2n) is 5.97. The summed E-state index contributed by atoms with van der Waals surface area (Å²) in [5, 5.41) is 8.18. The molecule has 1 saturated carbocycles. The summed E-state index contributed by atoms with van der Waals surface area (Å²) in [4.78, 5) is 4.41. The van der Waals surface area contributed by atoms with Crippen LogP contribution in [0.15, 0.2) is 10.7 Å². The van der Waals surface area contributed by atoms with Crippen molar-refractivity contribution in [1.82, 2.24) is 19.9 Å². The van der Waals surface area contributed by atoms with Gasteiger partial charge in [-0.3, -0.25) is 4.68 Å². The molecule has 114 valence electrons. The first-order valence-electron chi connectivity index (χ1n) is 7.21. The van der Waals surface area contributed by atoms with Crippen molar-refractivity contribution < 1.29 is 9.26 Å². The Bertz CT molecular complexity index is 627. The molecule has 0 bridgehead atoms. The molecule has 2 aromatic rings. The van der Waals surface area contributed by atoms with E-state index in [0.717, 1.165) is 24.1 Å². The lowest BCUT2D eigenvalue weighted by molar-refractivity contribution is -0.0222. The third-order valence-corrected chi connectivity index (χ3v) is 4.07. The maximum Gasteiger partial charge on any atom is 0.261 e. The molecule has 0 aliphatic heterocycles. The van der Waals surface area contributed by atoms with Crippen molar-refractivity contribution in [2.45, 2.75) is 44.8 Å². The SMILES string of the molecule is Cc1c(-c2nc(C(C)(N)COC3CCC3)no2)cnn1C. The molecular weight excluding hydrogens is 270 g/mol. The molecule has 1 aliphatic carbocycles. The Morgan fingerprint density at radius 1 is 1.52 bits per heavy atom. The molecule has 7 nitrogen and oxygen atoms in total. The van der Waals surface area contributed by atoms with E-state index in [1.807, 2.05) is 20.9 Å². The van der Waals surface area contributed by atoms with Crippen molar-refractivity contribution in [2.24, 2.45) is 12.8 Å². The second-order valence-corrected chi connectivity index (χ2v) is 5.97. The van der Waals surface area contributed by atoms with Crippen LogP contribution in [-0.2, 0) is 17.3 Å². The van der Waals surface area contributed by atoms with Gasteiger partial charge in [0.1, 0.15) is 5.54 Å². The summed E-state index contributed by atoms with van der Waals surface area (Å²) in [5.41, 5.74) is 7.31. The summed E-state index contributed by atoms with van der Waals surface area (Å²) in [6, 6.07) is 0. The van der Waals surface area contributed by atoms with E-state index in [1.165, 1.54) is 6.42 Å². The molecule has 0 amide bonds. The highest BCUT2D eigenvalue weighted by molar-refractivity contribution is 5.54. The van der Waals surface area contributed by atoms with E-state index >= 15 is 0 Å². The van der Waals surface area contributed by atoms with Gasteiger partial charge in [-0.2, -0.15) is 10.1 Å². The van der Waals surface area contributed by atoms with Crippen LogP contribution in [0.5, 0.6) is 0 Å². The minimum atomic E-state index is -0.756. The van der Waals surface area contributed by atoms with Gasteiger partial charge < -0.3 is 15.0 Å². The number of aryl methyl sites for hydroxylation is 1. The highest BCUT2D eigenvalue weighted by atomic mass is 16.5. The maximum absolute atomic E-state index is 6.27. The predicted octanol–water partition coefficient (Wildman–Crippen LogP) is 1.52. The van der Waals surface area contributed by atoms with Gasteiger partial charge in [0.2, 0.25) is 0 Å². The van der Waals surface area contributed by atoms with E-state index in [-0.39, 0.29) is 0 Å². The third-order valence-electron chi connectivity index (χ3n) is 4.07. The molecule has 0 saturated heterocycles. The molecule has 3 rings (SSSR count). The fourth-order valence-electron chi connectivity index (χ4n) is 2.17. The zero-order chi connectivity index (χ0) is 15.0. The van der Waals surface area contributed by atoms with Crippen LogP contribution < -0.4 is 5.73 Å². The summed E-state index contributed by atoms with van der Waals surface area (Å²) in [6.07, 6.45) is 5.51. The van der Waals surface area contributed by atoms with Gasteiger partial charge >= 0.3 is 0 Å². The van der Waals surface area contributed by atoms with Gasteiger partial charge in [-0.05, 0) is 33.1 Å². The summed E-state index contributed by atoms with van der Waals surface area (Å²) in [7, 11) is 1.87. The molecular formula is C14H21N5O2. The molecule has 0 spiro atoms. The van der Waals surface area contributed by atoms with Crippen molar-refractivity contribution in [1.29, 1.82) is 0 Å². The molecule has 0 radical (unpaired) electrons. The van der Waals surface area contributed by atoms with Crippen LogP contribution >= 0.6 is 0 Å². The Morgan fingerprint density at radius 2 is 2.29 bits per heavy atom. The molecule has 1 fully saturated rings. The number of rotatable bonds is 5. The van der Waals surface area contributed by atoms with Gasteiger partial charge in [0.05, 0.1) is 24.5 Å². The molecule has 0 aromatic carbocycles. The van der Waals surface area contributed by atoms with Gasteiger partial charge in [-0.15, -0.1) is 0 Å². The van der Waals surface area contributed by atoms with Crippen LogP contribution in [0.4, 0.5) is 0 Å². The topological polar surface area (TPSA) is 92.0 Å². The van der Waals surface area contributed by atoms with Crippen molar-refractivity contribution in [3.8, 4) is 11.5 Å². The van der Waals surface area contributed by atoms with Crippen LogP contribution in [0.1, 0.15) is 37.7 Å². The second kappa shape index (κ2) is 5.23. The maximum atomic E-state index is 6.27. The fourth-order valence-corrected chi connectivity index (χ4v) is 2.17. The quantitative estimate of drug-likeness (QED) is 0.898. The average Bonchev–Trinajstić information content (AvgIpc) is 2.97. The largest absolute Gasteiger partial charge is 0.376 e. The van der Waals surface area contributed by atoms with E-state index in [9.17, 15) is 0 Å². The van der Waals surface area contributed by atoms with E-state index < -0.39 is 5.54 Å². The first kappa shape index (κ1) is 14.2. The summed E-state index contributed by atoms with van der Waals surface area (Å²) >= 11 is 0. The highest BCUT2D eigenvalue weighted by Crippen LogP contribution is 2.26. The van der Waals surface area contributed by atoms with Crippen molar-refractivity contribution >= 4 is 0 Å². The molecule has 1 atom stereocenters. The number of hydrogen-bond acceptors (Lipinski definition) is 6. The summed E-state index contributed by atoms with van der Waals surface area (Å²) in [5.74, 6) is 0.899. The summed E-state index contributed by atoms with van der Waals surface area (Å²) in [6.45, 7) is 4.20. The Hall–Kier alpha value is -1.73. The zero-order valence-electron chi connectivity index (χ0n) is 12.7. The van der Waals surface area contributed by atoms with Gasteiger partial charge in [-0.1, -0.05) is 5.16 Å². The number of hydrogen-bond donors (Lipinski definition) is 1. The Balaban J connectivity index is 1.75. The Labute approximate surface area is 123 Å². The van der Waals surface area contributed by atoms with Gasteiger partial charge in [0, 0.05) is 12.7 Å². The van der Waals surface area contributed by atoms with Gasteiger partial charge in [0.15, 0.2) is 5.82 Å². The predicted molar refractivity (Wildman–Crippen MR) is 76.4 cm³/mol. The number of ether oxygens (including phenoxy) is 1. The lowest BCUT2D eigenvalue weighted by Crippen LogP contribution is -2.41. The molecule has 2 heterocycles. The van der Waals surface area contributed by atoms with E-state index in [4.69, 9.17) is 15.0 Å². The minimum absolute atomic E-state index is 0.333. The van der Waals surface area contributed by atoms with Crippen LogP contribution in [0, 0.1) is 6.92 Å². The van der Waals surface area contributed by atoms with Crippen molar-refractivity contribution in [3.05, 3.63) is 17.7 Å². The van der Waals surface area contributed by atoms with Crippen molar-refractivity contribution in [3.63, 3.8) is 0 Å². The molecule has 7 heteroatoms. The number of aromatic nitrogens is 4.